The first-order valence-corrected chi connectivity index (χ1v) is 8.06. The van der Waals surface area contributed by atoms with Gasteiger partial charge in [0, 0.05) is 30.9 Å². The van der Waals surface area contributed by atoms with Crippen LogP contribution in [-0.2, 0) is 6.54 Å². The molecule has 2 fully saturated rings. The highest BCUT2D eigenvalue weighted by Gasteiger charge is 2.32. The number of piperidine rings is 1. The van der Waals surface area contributed by atoms with Crippen molar-refractivity contribution in [1.82, 2.24) is 19.8 Å². The van der Waals surface area contributed by atoms with Crippen LogP contribution >= 0.6 is 0 Å². The molecule has 6 heteroatoms. The summed E-state index contributed by atoms with van der Waals surface area (Å²) in [6.07, 6.45) is 9.23. The van der Waals surface area contributed by atoms with E-state index in [-0.39, 0.29) is 11.9 Å². The monoisotopic (exact) mass is 300 g/mol. The van der Waals surface area contributed by atoms with Crippen LogP contribution < -0.4 is 0 Å². The summed E-state index contributed by atoms with van der Waals surface area (Å²) in [4.78, 5) is 14.7. The lowest BCUT2D eigenvalue weighted by Gasteiger charge is -2.35. The third-order valence-electron chi connectivity index (χ3n) is 4.57. The lowest BCUT2D eigenvalue weighted by Crippen LogP contribution is -2.46. The van der Waals surface area contributed by atoms with Crippen LogP contribution in [0.3, 0.4) is 0 Å². The molecule has 1 aliphatic carbocycles. The Balaban J connectivity index is 1.50. The maximum Gasteiger partial charge on any atom is 0.276 e. The van der Waals surface area contributed by atoms with Gasteiger partial charge in [0.2, 0.25) is 0 Å². The van der Waals surface area contributed by atoms with Crippen molar-refractivity contribution in [3.8, 4) is 0 Å². The number of rotatable bonds is 4. The van der Waals surface area contributed by atoms with Crippen molar-refractivity contribution < 1.29 is 9.32 Å². The minimum Gasteiger partial charge on any atom is -0.360 e. The average molecular weight is 300 g/mol. The van der Waals surface area contributed by atoms with Gasteiger partial charge in [0.15, 0.2) is 5.69 Å². The number of hydrogen-bond acceptors (Lipinski definition) is 4. The normalized spacial score (nSPS) is 22.0. The fourth-order valence-corrected chi connectivity index (χ4v) is 3.18. The van der Waals surface area contributed by atoms with Crippen LogP contribution in [0.4, 0.5) is 0 Å². The summed E-state index contributed by atoms with van der Waals surface area (Å²) >= 11 is 0. The molecule has 6 nitrogen and oxygen atoms in total. The van der Waals surface area contributed by atoms with Gasteiger partial charge >= 0.3 is 0 Å². The number of amides is 1. The predicted octanol–water partition coefficient (Wildman–Crippen LogP) is 2.44. The van der Waals surface area contributed by atoms with Crippen LogP contribution in [0.15, 0.2) is 29.0 Å². The van der Waals surface area contributed by atoms with Gasteiger partial charge in [-0.3, -0.25) is 9.48 Å². The zero-order valence-corrected chi connectivity index (χ0v) is 12.5. The van der Waals surface area contributed by atoms with Gasteiger partial charge in [0.25, 0.3) is 5.91 Å². The lowest BCUT2D eigenvalue weighted by molar-refractivity contribution is 0.0573. The second-order valence-electron chi connectivity index (χ2n) is 6.27. The molecule has 2 aromatic rings. The van der Waals surface area contributed by atoms with E-state index in [1.807, 2.05) is 27.9 Å². The Morgan fingerprint density at radius 2 is 2.23 bits per heavy atom. The molecule has 0 aromatic carbocycles. The van der Waals surface area contributed by atoms with Crippen molar-refractivity contribution in [2.75, 3.05) is 6.54 Å². The molecule has 0 N–H and O–H groups in total. The quantitative estimate of drug-likeness (QED) is 0.870. The second kappa shape index (κ2) is 5.59. The van der Waals surface area contributed by atoms with Crippen LogP contribution in [-0.4, -0.2) is 38.3 Å². The first-order chi connectivity index (χ1) is 10.8. The third kappa shape index (κ3) is 2.65. The molecule has 1 amide bonds. The van der Waals surface area contributed by atoms with E-state index in [1.54, 1.807) is 6.20 Å². The van der Waals surface area contributed by atoms with Crippen LogP contribution in [0.25, 0.3) is 0 Å². The number of likely N-dealkylation sites (tertiary alicyclic amines) is 1. The van der Waals surface area contributed by atoms with E-state index >= 15 is 0 Å². The van der Waals surface area contributed by atoms with E-state index in [2.05, 4.69) is 10.3 Å². The molecule has 1 saturated carbocycles. The zero-order chi connectivity index (χ0) is 14.9. The van der Waals surface area contributed by atoms with E-state index in [9.17, 15) is 4.79 Å². The SMILES string of the molecule is O=C(c1cc(C2CC2)on1)N1CCCC[C@@H]1Cn1cccn1. The van der Waals surface area contributed by atoms with Gasteiger partial charge in [0.1, 0.15) is 5.76 Å². The Bertz CT molecular complexity index is 645. The van der Waals surface area contributed by atoms with Gasteiger partial charge in [-0.15, -0.1) is 0 Å². The summed E-state index contributed by atoms with van der Waals surface area (Å²) in [7, 11) is 0. The predicted molar refractivity (Wildman–Crippen MR) is 79.4 cm³/mol. The average Bonchev–Trinajstić information content (AvgIpc) is 3.06. The molecule has 1 atom stereocenters. The first kappa shape index (κ1) is 13.5. The first-order valence-electron chi connectivity index (χ1n) is 8.06. The fraction of sp³-hybridized carbons (Fsp3) is 0.562. The number of carbonyl (C=O) groups excluding carboxylic acids is 1. The van der Waals surface area contributed by atoms with Gasteiger partial charge in [-0.2, -0.15) is 5.10 Å². The van der Waals surface area contributed by atoms with E-state index in [0.717, 1.165) is 51.0 Å². The Hall–Kier alpha value is -2.11. The van der Waals surface area contributed by atoms with Crippen LogP contribution in [0.1, 0.15) is 54.3 Å². The number of carbonyl (C=O) groups is 1. The van der Waals surface area contributed by atoms with E-state index < -0.39 is 0 Å². The maximum atomic E-state index is 12.8. The molecule has 2 aliphatic rings. The molecule has 22 heavy (non-hydrogen) atoms. The molecule has 4 rings (SSSR count). The van der Waals surface area contributed by atoms with Crippen molar-refractivity contribution in [3.63, 3.8) is 0 Å². The number of hydrogen-bond donors (Lipinski definition) is 0. The second-order valence-corrected chi connectivity index (χ2v) is 6.27. The van der Waals surface area contributed by atoms with Gasteiger partial charge < -0.3 is 9.42 Å². The fourth-order valence-electron chi connectivity index (χ4n) is 3.18. The summed E-state index contributed by atoms with van der Waals surface area (Å²) in [6, 6.07) is 3.93. The molecular formula is C16H20N4O2. The van der Waals surface area contributed by atoms with Crippen molar-refractivity contribution in [3.05, 3.63) is 36.0 Å². The van der Waals surface area contributed by atoms with E-state index in [4.69, 9.17) is 4.52 Å². The lowest BCUT2D eigenvalue weighted by atomic mass is 10.0. The molecule has 0 radical (unpaired) electrons. The van der Waals surface area contributed by atoms with Crippen molar-refractivity contribution in [2.24, 2.45) is 0 Å². The Kier molecular flexibility index (Phi) is 3.44. The molecule has 116 valence electrons. The molecule has 0 bridgehead atoms. The van der Waals surface area contributed by atoms with Crippen LogP contribution in [0.5, 0.6) is 0 Å². The van der Waals surface area contributed by atoms with Crippen molar-refractivity contribution in [2.45, 2.75) is 50.6 Å². The van der Waals surface area contributed by atoms with Crippen LogP contribution in [0.2, 0.25) is 0 Å². The largest absolute Gasteiger partial charge is 0.360 e. The Morgan fingerprint density at radius 1 is 1.32 bits per heavy atom. The summed E-state index contributed by atoms with van der Waals surface area (Å²) in [6.45, 7) is 1.53. The molecule has 1 aliphatic heterocycles. The van der Waals surface area contributed by atoms with E-state index in [0.29, 0.717) is 11.6 Å². The smallest absolute Gasteiger partial charge is 0.276 e. The molecule has 2 aromatic heterocycles. The summed E-state index contributed by atoms with van der Waals surface area (Å²) in [5.74, 6) is 1.34. The van der Waals surface area contributed by atoms with Gasteiger partial charge in [-0.05, 0) is 38.2 Å². The van der Waals surface area contributed by atoms with Crippen molar-refractivity contribution >= 4 is 5.91 Å². The molecule has 1 saturated heterocycles. The highest BCUT2D eigenvalue weighted by Crippen LogP contribution is 2.40. The number of aromatic nitrogens is 3. The van der Waals surface area contributed by atoms with Gasteiger partial charge in [-0.25, -0.2) is 0 Å². The van der Waals surface area contributed by atoms with E-state index in [1.165, 1.54) is 0 Å². The Labute approximate surface area is 129 Å². The maximum absolute atomic E-state index is 12.8. The summed E-state index contributed by atoms with van der Waals surface area (Å²) in [5.41, 5.74) is 0.453. The van der Waals surface area contributed by atoms with Gasteiger partial charge in [0.05, 0.1) is 12.6 Å². The third-order valence-corrected chi connectivity index (χ3v) is 4.57. The summed E-state index contributed by atoms with van der Waals surface area (Å²) < 4.78 is 7.22. The minimum atomic E-state index is -0.00694. The zero-order valence-electron chi connectivity index (χ0n) is 12.5. The Morgan fingerprint density at radius 3 is 3.00 bits per heavy atom. The molecule has 3 heterocycles. The highest BCUT2D eigenvalue weighted by atomic mass is 16.5. The standard InChI is InChI=1S/C16H20N4O2/c21-16(14-10-15(22-18-14)12-5-6-12)20-9-2-1-4-13(20)11-19-8-3-7-17-19/h3,7-8,10,12-13H,1-2,4-6,9,11H2/t13-/m1/s1. The molecule has 0 spiro atoms. The van der Waals surface area contributed by atoms with Crippen LogP contribution in [0, 0.1) is 0 Å². The van der Waals surface area contributed by atoms with Crippen molar-refractivity contribution in [1.29, 1.82) is 0 Å². The molecular weight excluding hydrogens is 280 g/mol. The number of nitrogens with zero attached hydrogens (tertiary/aromatic N) is 4. The molecule has 0 unspecified atom stereocenters. The topological polar surface area (TPSA) is 64.2 Å². The minimum absolute atomic E-state index is 0.00694. The highest BCUT2D eigenvalue weighted by molar-refractivity contribution is 5.92. The van der Waals surface area contributed by atoms with Gasteiger partial charge in [-0.1, -0.05) is 5.16 Å². The summed E-state index contributed by atoms with van der Waals surface area (Å²) in [5, 5.41) is 8.25.